The van der Waals surface area contributed by atoms with Gasteiger partial charge in [-0.3, -0.25) is 0 Å². The van der Waals surface area contributed by atoms with Crippen LogP contribution in [0.2, 0.25) is 0 Å². The minimum atomic E-state index is 0.265. The van der Waals surface area contributed by atoms with Gasteiger partial charge in [-0.25, -0.2) is 0 Å². The van der Waals surface area contributed by atoms with Crippen LogP contribution in [-0.4, -0.2) is 13.2 Å². The Morgan fingerprint density at radius 3 is 2.65 bits per heavy atom. The Morgan fingerprint density at radius 1 is 1.29 bits per heavy atom. The molecule has 0 aliphatic carbocycles. The van der Waals surface area contributed by atoms with Crippen LogP contribution in [0.25, 0.3) is 0 Å². The molecule has 0 fully saturated rings. The predicted molar refractivity (Wildman–Crippen MR) is 72.0 cm³/mol. The SMILES string of the molecule is C=CC(C)c1cccc(OCCC)c1OCC. The number of hydrogen-bond acceptors (Lipinski definition) is 2. The molecule has 0 heterocycles. The molecule has 0 radical (unpaired) electrons. The lowest BCUT2D eigenvalue weighted by Gasteiger charge is -2.17. The van der Waals surface area contributed by atoms with Crippen LogP contribution in [0, 0.1) is 0 Å². The summed E-state index contributed by atoms with van der Waals surface area (Å²) in [6, 6.07) is 6.03. The number of para-hydroxylation sites is 1. The second-order valence-electron chi connectivity index (χ2n) is 3.98. The van der Waals surface area contributed by atoms with Gasteiger partial charge in [0.1, 0.15) is 0 Å². The lowest BCUT2D eigenvalue weighted by Crippen LogP contribution is -2.03. The fourth-order valence-corrected chi connectivity index (χ4v) is 1.64. The van der Waals surface area contributed by atoms with Gasteiger partial charge in [-0.05, 0) is 19.4 Å². The van der Waals surface area contributed by atoms with Gasteiger partial charge in [-0.1, -0.05) is 32.1 Å². The third-order valence-corrected chi connectivity index (χ3v) is 2.60. The standard InChI is InChI=1S/C15H22O2/c1-5-11-17-14-10-8-9-13(12(4)6-2)15(14)16-7-3/h6,8-10,12H,2,5,7,11H2,1,3-4H3. The van der Waals surface area contributed by atoms with E-state index in [2.05, 4.69) is 26.5 Å². The van der Waals surface area contributed by atoms with Crippen LogP contribution in [0.1, 0.15) is 38.7 Å². The van der Waals surface area contributed by atoms with Crippen molar-refractivity contribution in [3.8, 4) is 11.5 Å². The Hall–Kier alpha value is -1.44. The zero-order valence-electron chi connectivity index (χ0n) is 11.0. The number of hydrogen-bond donors (Lipinski definition) is 0. The Balaban J connectivity index is 3.06. The zero-order chi connectivity index (χ0) is 12.7. The molecule has 1 unspecified atom stereocenters. The summed E-state index contributed by atoms with van der Waals surface area (Å²) in [5, 5.41) is 0. The monoisotopic (exact) mass is 234 g/mol. The highest BCUT2D eigenvalue weighted by Crippen LogP contribution is 2.36. The Bertz CT molecular complexity index is 358. The topological polar surface area (TPSA) is 18.5 Å². The maximum absolute atomic E-state index is 5.72. The van der Waals surface area contributed by atoms with Gasteiger partial charge < -0.3 is 9.47 Å². The molecule has 0 aromatic heterocycles. The molecule has 1 aromatic rings. The summed E-state index contributed by atoms with van der Waals surface area (Å²) < 4.78 is 11.4. The molecule has 0 saturated heterocycles. The molecule has 1 rings (SSSR count). The van der Waals surface area contributed by atoms with E-state index >= 15 is 0 Å². The van der Waals surface area contributed by atoms with E-state index in [0.717, 1.165) is 23.5 Å². The van der Waals surface area contributed by atoms with Crippen molar-refractivity contribution in [1.82, 2.24) is 0 Å². The lowest BCUT2D eigenvalue weighted by atomic mass is 10.00. The van der Waals surface area contributed by atoms with Crippen molar-refractivity contribution < 1.29 is 9.47 Å². The summed E-state index contributed by atoms with van der Waals surface area (Å²) in [5.41, 5.74) is 1.13. The van der Waals surface area contributed by atoms with Crippen molar-refractivity contribution in [3.63, 3.8) is 0 Å². The van der Waals surface area contributed by atoms with E-state index < -0.39 is 0 Å². The molecular weight excluding hydrogens is 212 g/mol. The van der Waals surface area contributed by atoms with Crippen LogP contribution in [-0.2, 0) is 0 Å². The average Bonchev–Trinajstić information content (AvgIpc) is 2.36. The quantitative estimate of drug-likeness (QED) is 0.659. The highest BCUT2D eigenvalue weighted by molar-refractivity contribution is 5.49. The van der Waals surface area contributed by atoms with Gasteiger partial charge in [-0.15, -0.1) is 6.58 Å². The molecule has 94 valence electrons. The number of allylic oxidation sites excluding steroid dienone is 1. The molecule has 0 amide bonds. The third-order valence-electron chi connectivity index (χ3n) is 2.60. The second-order valence-corrected chi connectivity index (χ2v) is 3.98. The largest absolute Gasteiger partial charge is 0.490 e. The summed E-state index contributed by atoms with van der Waals surface area (Å²) in [6.07, 6.45) is 2.91. The van der Waals surface area contributed by atoms with E-state index in [0.29, 0.717) is 13.2 Å². The molecular formula is C15H22O2. The Labute approximate surface area is 104 Å². The summed E-state index contributed by atoms with van der Waals surface area (Å²) in [6.45, 7) is 11.4. The number of rotatable bonds is 7. The van der Waals surface area contributed by atoms with Crippen LogP contribution in [0.3, 0.4) is 0 Å². The number of benzene rings is 1. The van der Waals surface area contributed by atoms with Crippen molar-refractivity contribution >= 4 is 0 Å². The highest BCUT2D eigenvalue weighted by atomic mass is 16.5. The summed E-state index contributed by atoms with van der Waals surface area (Å²) in [4.78, 5) is 0. The molecule has 0 bridgehead atoms. The maximum atomic E-state index is 5.72. The fourth-order valence-electron chi connectivity index (χ4n) is 1.64. The first-order chi connectivity index (χ1) is 8.24. The maximum Gasteiger partial charge on any atom is 0.164 e. The van der Waals surface area contributed by atoms with Gasteiger partial charge >= 0.3 is 0 Å². The first kappa shape index (κ1) is 13.6. The van der Waals surface area contributed by atoms with E-state index in [-0.39, 0.29) is 5.92 Å². The minimum Gasteiger partial charge on any atom is -0.490 e. The van der Waals surface area contributed by atoms with Crippen LogP contribution in [0.4, 0.5) is 0 Å². The number of ether oxygens (including phenoxy) is 2. The molecule has 1 atom stereocenters. The molecule has 2 heteroatoms. The van der Waals surface area contributed by atoms with Crippen molar-refractivity contribution in [3.05, 3.63) is 36.4 Å². The Kier molecular flexibility index (Phi) is 5.61. The average molecular weight is 234 g/mol. The summed E-state index contributed by atoms with van der Waals surface area (Å²) in [7, 11) is 0. The van der Waals surface area contributed by atoms with E-state index in [1.165, 1.54) is 0 Å². The van der Waals surface area contributed by atoms with E-state index in [4.69, 9.17) is 9.47 Å². The molecule has 0 saturated carbocycles. The van der Waals surface area contributed by atoms with Gasteiger partial charge in [0.25, 0.3) is 0 Å². The normalized spacial score (nSPS) is 11.9. The Morgan fingerprint density at radius 2 is 2.06 bits per heavy atom. The molecule has 17 heavy (non-hydrogen) atoms. The van der Waals surface area contributed by atoms with Gasteiger partial charge in [-0.2, -0.15) is 0 Å². The molecule has 1 aromatic carbocycles. The summed E-state index contributed by atoms with van der Waals surface area (Å²) in [5.74, 6) is 1.96. The zero-order valence-corrected chi connectivity index (χ0v) is 11.0. The van der Waals surface area contributed by atoms with Gasteiger partial charge in [0, 0.05) is 11.5 Å². The van der Waals surface area contributed by atoms with Crippen molar-refractivity contribution in [2.45, 2.75) is 33.1 Å². The second kappa shape index (κ2) is 7.00. The van der Waals surface area contributed by atoms with Gasteiger partial charge in [0.05, 0.1) is 13.2 Å². The first-order valence-corrected chi connectivity index (χ1v) is 6.25. The van der Waals surface area contributed by atoms with Gasteiger partial charge in [0.15, 0.2) is 11.5 Å². The molecule has 0 N–H and O–H groups in total. The molecule has 2 nitrogen and oxygen atoms in total. The van der Waals surface area contributed by atoms with Crippen LogP contribution >= 0.6 is 0 Å². The summed E-state index contributed by atoms with van der Waals surface area (Å²) >= 11 is 0. The lowest BCUT2D eigenvalue weighted by molar-refractivity contribution is 0.274. The molecule has 0 aliphatic heterocycles. The minimum absolute atomic E-state index is 0.265. The van der Waals surface area contributed by atoms with Crippen LogP contribution in [0.5, 0.6) is 11.5 Å². The fraction of sp³-hybridized carbons (Fsp3) is 0.467. The predicted octanol–water partition coefficient (Wildman–Crippen LogP) is 4.16. The van der Waals surface area contributed by atoms with Crippen LogP contribution in [0.15, 0.2) is 30.9 Å². The molecule has 0 aliphatic rings. The van der Waals surface area contributed by atoms with E-state index in [1.54, 1.807) is 0 Å². The smallest absolute Gasteiger partial charge is 0.164 e. The first-order valence-electron chi connectivity index (χ1n) is 6.25. The van der Waals surface area contributed by atoms with Crippen molar-refractivity contribution in [1.29, 1.82) is 0 Å². The third kappa shape index (κ3) is 3.52. The highest BCUT2D eigenvalue weighted by Gasteiger charge is 2.14. The van der Waals surface area contributed by atoms with Crippen molar-refractivity contribution in [2.75, 3.05) is 13.2 Å². The van der Waals surface area contributed by atoms with E-state index in [9.17, 15) is 0 Å². The van der Waals surface area contributed by atoms with Crippen molar-refractivity contribution in [2.24, 2.45) is 0 Å². The van der Waals surface area contributed by atoms with Gasteiger partial charge in [0.2, 0.25) is 0 Å². The van der Waals surface area contributed by atoms with E-state index in [1.807, 2.05) is 25.1 Å². The molecule has 0 spiro atoms. The van der Waals surface area contributed by atoms with Crippen LogP contribution < -0.4 is 9.47 Å².